The van der Waals surface area contributed by atoms with Crippen LogP contribution in [0.5, 0.6) is 0 Å². The van der Waals surface area contributed by atoms with Gasteiger partial charge in [0.05, 0.1) is 18.5 Å². The molecule has 0 aromatic carbocycles. The third-order valence-corrected chi connectivity index (χ3v) is 2.38. The van der Waals surface area contributed by atoms with Crippen LogP contribution in [-0.4, -0.2) is 16.3 Å². The predicted octanol–water partition coefficient (Wildman–Crippen LogP) is 3.19. The average molecular weight is 273 g/mol. The van der Waals surface area contributed by atoms with Gasteiger partial charge in [-0.2, -0.15) is 0 Å². The Morgan fingerprint density at radius 3 is 2.95 bits per heavy atom. The van der Waals surface area contributed by atoms with Gasteiger partial charge in [-0.15, -0.1) is 0 Å². The van der Waals surface area contributed by atoms with Gasteiger partial charge >= 0.3 is 5.88 Å². The van der Waals surface area contributed by atoms with E-state index in [0.717, 1.165) is 0 Å². The maximum Gasteiger partial charge on any atom is 0.433 e. The fourth-order valence-corrected chi connectivity index (χ4v) is 1.50. The summed E-state index contributed by atoms with van der Waals surface area (Å²) in [5.74, 6) is 0.687. The van der Waals surface area contributed by atoms with Crippen molar-refractivity contribution in [3.05, 3.63) is 52.5 Å². The summed E-state index contributed by atoms with van der Waals surface area (Å²) in [5.41, 5.74) is 0.507. The zero-order valence-corrected chi connectivity index (χ0v) is 9.92. The van der Waals surface area contributed by atoms with E-state index in [2.05, 4.69) is 10.1 Å². The van der Waals surface area contributed by atoms with Gasteiger partial charge in [0.2, 0.25) is 0 Å². The summed E-state index contributed by atoms with van der Waals surface area (Å²) in [6.07, 6.45) is 2.83. The number of hydrogen-bond donors (Lipinski definition) is 0. The largest absolute Gasteiger partial charge is 0.463 e. The molecule has 0 unspecified atom stereocenters. The zero-order chi connectivity index (χ0) is 13.9. The van der Waals surface area contributed by atoms with Crippen molar-refractivity contribution in [2.45, 2.75) is 0 Å². The van der Waals surface area contributed by atoms with Gasteiger partial charge < -0.3 is 13.4 Å². The van der Waals surface area contributed by atoms with Gasteiger partial charge in [0, 0.05) is 6.07 Å². The molecule has 8 heteroatoms. The van der Waals surface area contributed by atoms with Crippen molar-refractivity contribution in [3.63, 3.8) is 0 Å². The Balaban J connectivity index is 1.77. The highest BCUT2D eigenvalue weighted by atomic mass is 16.6. The lowest BCUT2D eigenvalue weighted by Gasteiger charge is -1.83. The van der Waals surface area contributed by atoms with E-state index < -0.39 is 4.92 Å². The summed E-state index contributed by atoms with van der Waals surface area (Å²) in [7, 11) is 0. The summed E-state index contributed by atoms with van der Waals surface area (Å²) >= 11 is 0. The van der Waals surface area contributed by atoms with E-state index in [1.165, 1.54) is 24.6 Å². The highest BCUT2D eigenvalue weighted by Gasteiger charge is 2.11. The molecule has 0 bridgehead atoms. The van der Waals surface area contributed by atoms with Gasteiger partial charge in [-0.05, 0) is 18.2 Å². The van der Waals surface area contributed by atoms with Crippen molar-refractivity contribution in [1.29, 1.82) is 0 Å². The predicted molar refractivity (Wildman–Crippen MR) is 66.8 cm³/mol. The van der Waals surface area contributed by atoms with Crippen molar-refractivity contribution >= 4 is 18.0 Å². The first-order valence-corrected chi connectivity index (χ1v) is 5.51. The molecule has 0 atom stereocenters. The molecule has 0 radical (unpaired) electrons. The second-order valence-electron chi connectivity index (χ2n) is 3.72. The Morgan fingerprint density at radius 2 is 2.25 bits per heavy atom. The van der Waals surface area contributed by atoms with E-state index in [1.807, 2.05) is 0 Å². The molecule has 0 amide bonds. The first kappa shape index (κ1) is 11.9. The van der Waals surface area contributed by atoms with Gasteiger partial charge in [0.15, 0.2) is 17.2 Å². The molecule has 0 aliphatic rings. The topological polar surface area (TPSA) is 108 Å². The van der Waals surface area contributed by atoms with Crippen LogP contribution in [0, 0.1) is 10.1 Å². The van der Waals surface area contributed by atoms with Crippen LogP contribution < -0.4 is 0 Å². The number of hydrogen-bond acceptors (Lipinski definition) is 7. The van der Waals surface area contributed by atoms with E-state index in [1.54, 1.807) is 18.2 Å². The fourth-order valence-electron chi connectivity index (χ4n) is 1.50. The minimum absolute atomic E-state index is 0.232. The molecule has 3 rings (SSSR count). The maximum absolute atomic E-state index is 10.5. The molecule has 0 spiro atoms. The molecule has 8 nitrogen and oxygen atoms in total. The quantitative estimate of drug-likeness (QED) is 0.410. The highest BCUT2D eigenvalue weighted by Crippen LogP contribution is 2.23. The molecular weight excluding hydrogens is 266 g/mol. The van der Waals surface area contributed by atoms with Gasteiger partial charge in [-0.1, -0.05) is 5.16 Å². The van der Waals surface area contributed by atoms with E-state index in [9.17, 15) is 10.1 Å². The standard InChI is InChI=1S/C12H7N3O5/c16-15(17)12-4-3-8(19-12)7-13-11-6-9(14-20-11)10-2-1-5-18-10/h1-7H/b13-7+. The summed E-state index contributed by atoms with van der Waals surface area (Å²) < 4.78 is 15.1. The van der Waals surface area contributed by atoms with Crippen LogP contribution >= 0.6 is 0 Å². The van der Waals surface area contributed by atoms with Gasteiger partial charge in [0.1, 0.15) is 4.92 Å². The Labute approximate surface area is 111 Å². The van der Waals surface area contributed by atoms with Gasteiger partial charge in [-0.3, -0.25) is 10.1 Å². The van der Waals surface area contributed by atoms with Crippen LogP contribution in [0.15, 0.2) is 54.9 Å². The lowest BCUT2D eigenvalue weighted by Crippen LogP contribution is -1.83. The van der Waals surface area contributed by atoms with E-state index in [0.29, 0.717) is 11.5 Å². The van der Waals surface area contributed by atoms with Crippen LogP contribution in [0.2, 0.25) is 0 Å². The molecule has 0 N–H and O–H groups in total. The molecule has 0 aliphatic heterocycles. The second kappa shape index (κ2) is 4.84. The second-order valence-corrected chi connectivity index (χ2v) is 3.72. The molecule has 20 heavy (non-hydrogen) atoms. The first-order chi connectivity index (χ1) is 9.72. The van der Waals surface area contributed by atoms with Crippen molar-refractivity contribution in [1.82, 2.24) is 5.16 Å². The minimum atomic E-state index is -0.624. The van der Waals surface area contributed by atoms with Gasteiger partial charge in [0.25, 0.3) is 5.88 Å². The van der Waals surface area contributed by atoms with Crippen LogP contribution in [0.25, 0.3) is 11.5 Å². The highest BCUT2D eigenvalue weighted by molar-refractivity contribution is 5.78. The maximum atomic E-state index is 10.5. The van der Waals surface area contributed by atoms with Crippen molar-refractivity contribution in [3.8, 4) is 11.5 Å². The number of aromatic nitrogens is 1. The zero-order valence-electron chi connectivity index (χ0n) is 9.92. The Kier molecular flexibility index (Phi) is 2.88. The Bertz CT molecular complexity index is 754. The molecular formula is C12H7N3O5. The molecule has 0 fully saturated rings. The average Bonchev–Trinajstić information content (AvgIpc) is 3.17. The monoisotopic (exact) mass is 273 g/mol. The molecule has 3 aromatic rings. The molecule has 3 aromatic heterocycles. The van der Waals surface area contributed by atoms with Crippen LogP contribution in [0.1, 0.15) is 5.76 Å². The molecule has 0 saturated carbocycles. The number of rotatable bonds is 4. The molecule has 0 saturated heterocycles. The summed E-state index contributed by atoms with van der Waals surface area (Å²) in [6.45, 7) is 0. The lowest BCUT2D eigenvalue weighted by molar-refractivity contribution is -0.402. The van der Waals surface area contributed by atoms with Crippen LogP contribution in [-0.2, 0) is 0 Å². The third-order valence-electron chi connectivity index (χ3n) is 2.38. The van der Waals surface area contributed by atoms with Gasteiger partial charge in [-0.25, -0.2) is 4.99 Å². The van der Waals surface area contributed by atoms with Crippen LogP contribution in [0.3, 0.4) is 0 Å². The van der Waals surface area contributed by atoms with E-state index in [4.69, 9.17) is 13.4 Å². The smallest absolute Gasteiger partial charge is 0.433 e. The number of aliphatic imine (C=N–C) groups is 1. The lowest BCUT2D eigenvalue weighted by atomic mass is 10.3. The van der Waals surface area contributed by atoms with Crippen molar-refractivity contribution < 1.29 is 18.3 Å². The van der Waals surface area contributed by atoms with E-state index >= 15 is 0 Å². The minimum Gasteiger partial charge on any atom is -0.463 e. The summed E-state index contributed by atoms with van der Waals surface area (Å²) in [6, 6.07) is 7.73. The summed E-state index contributed by atoms with van der Waals surface area (Å²) in [5, 5.41) is 14.2. The number of furan rings is 2. The Morgan fingerprint density at radius 1 is 1.35 bits per heavy atom. The third kappa shape index (κ3) is 2.34. The SMILES string of the molecule is O=[N+]([O-])c1ccc(/C=N/c2cc(-c3ccco3)no2)o1. The molecule has 100 valence electrons. The van der Waals surface area contributed by atoms with E-state index in [-0.39, 0.29) is 17.5 Å². The normalized spacial score (nSPS) is 11.2. The van der Waals surface area contributed by atoms with Crippen molar-refractivity contribution in [2.24, 2.45) is 4.99 Å². The summed E-state index contributed by atoms with van der Waals surface area (Å²) in [4.78, 5) is 13.8. The molecule has 3 heterocycles. The number of nitrogens with zero attached hydrogens (tertiary/aromatic N) is 3. The Hall–Kier alpha value is -3.16. The number of nitro groups is 1. The molecule has 0 aliphatic carbocycles. The first-order valence-electron chi connectivity index (χ1n) is 5.51. The fraction of sp³-hybridized carbons (Fsp3) is 0. The van der Waals surface area contributed by atoms with Crippen LogP contribution in [0.4, 0.5) is 11.8 Å². The van der Waals surface area contributed by atoms with Crippen molar-refractivity contribution in [2.75, 3.05) is 0 Å².